The summed E-state index contributed by atoms with van der Waals surface area (Å²) in [5.41, 5.74) is -0.542. The Balaban J connectivity index is 2.67. The van der Waals surface area contributed by atoms with Gasteiger partial charge in [0, 0.05) is 25.1 Å². The molecule has 0 saturated carbocycles. The number of rotatable bonds is 7. The third kappa shape index (κ3) is 6.11. The van der Waals surface area contributed by atoms with E-state index in [1.54, 1.807) is 0 Å². The first kappa shape index (κ1) is 16.7. The van der Waals surface area contributed by atoms with Crippen LogP contribution in [0.4, 0.5) is 0 Å². The lowest BCUT2D eigenvalue weighted by Gasteiger charge is -2.17. The summed E-state index contributed by atoms with van der Waals surface area (Å²) in [6.07, 6.45) is 0.645. The largest absolute Gasteiger partial charge is 0.494 e. The van der Waals surface area contributed by atoms with Gasteiger partial charge < -0.3 is 15.5 Å². The zero-order chi connectivity index (χ0) is 16.0. The standard InChI is InChI=1S/C14H20N2O5/c1-8(2)3-9(4-13(19)20)7-15-14(21)10-5-11(17)16-12(18)6-10/h5-6,8-9H,3-4,7H2,1-2H3,(H,15,21)(H,19,20)(H2,16,17,18). The van der Waals surface area contributed by atoms with Gasteiger partial charge in [-0.25, -0.2) is 0 Å². The molecule has 0 aliphatic heterocycles. The van der Waals surface area contributed by atoms with Gasteiger partial charge in [0.15, 0.2) is 5.88 Å². The fourth-order valence-electron chi connectivity index (χ4n) is 2.15. The van der Waals surface area contributed by atoms with Crippen LogP contribution < -0.4 is 10.9 Å². The van der Waals surface area contributed by atoms with Crippen molar-refractivity contribution >= 4 is 11.9 Å². The highest BCUT2D eigenvalue weighted by Gasteiger charge is 2.17. The summed E-state index contributed by atoms with van der Waals surface area (Å²) in [6, 6.07) is 2.22. The number of aromatic hydroxyl groups is 1. The molecule has 1 unspecified atom stereocenters. The third-order valence-corrected chi connectivity index (χ3v) is 2.91. The summed E-state index contributed by atoms with van der Waals surface area (Å²) in [7, 11) is 0. The number of carbonyl (C=O) groups is 2. The Kier molecular flexibility index (Phi) is 5.95. The molecule has 0 bridgehead atoms. The molecule has 1 aromatic rings. The van der Waals surface area contributed by atoms with Crippen molar-refractivity contribution in [3.8, 4) is 5.88 Å². The first-order valence-electron chi connectivity index (χ1n) is 6.71. The molecule has 1 atom stereocenters. The van der Waals surface area contributed by atoms with Crippen LogP contribution >= 0.6 is 0 Å². The van der Waals surface area contributed by atoms with Gasteiger partial charge in [-0.3, -0.25) is 19.4 Å². The second-order valence-electron chi connectivity index (χ2n) is 5.42. The van der Waals surface area contributed by atoms with Gasteiger partial charge in [0.25, 0.3) is 11.5 Å². The lowest BCUT2D eigenvalue weighted by atomic mass is 9.94. The van der Waals surface area contributed by atoms with Crippen molar-refractivity contribution < 1.29 is 19.8 Å². The molecule has 0 fully saturated rings. The Morgan fingerprint density at radius 3 is 2.52 bits per heavy atom. The van der Waals surface area contributed by atoms with Crippen molar-refractivity contribution in [1.29, 1.82) is 0 Å². The Morgan fingerprint density at radius 2 is 2.00 bits per heavy atom. The lowest BCUT2D eigenvalue weighted by molar-refractivity contribution is -0.138. The number of H-pyrrole nitrogens is 1. The Bertz CT molecular complexity index is 565. The van der Waals surface area contributed by atoms with Gasteiger partial charge in [-0.15, -0.1) is 0 Å². The quantitative estimate of drug-likeness (QED) is 0.597. The molecule has 116 valence electrons. The summed E-state index contributed by atoms with van der Waals surface area (Å²) in [4.78, 5) is 36.0. The number of aromatic amines is 1. The molecule has 1 aromatic heterocycles. The van der Waals surface area contributed by atoms with Crippen molar-refractivity contribution in [2.75, 3.05) is 6.54 Å². The first-order chi connectivity index (χ1) is 9.77. The summed E-state index contributed by atoms with van der Waals surface area (Å²) in [5.74, 6) is -1.69. The van der Waals surface area contributed by atoms with Crippen LogP contribution in [0, 0.1) is 11.8 Å². The average Bonchev–Trinajstić information content (AvgIpc) is 2.32. The fourth-order valence-corrected chi connectivity index (χ4v) is 2.15. The number of amides is 1. The Morgan fingerprint density at radius 1 is 1.33 bits per heavy atom. The van der Waals surface area contributed by atoms with Crippen LogP contribution in [-0.2, 0) is 4.79 Å². The van der Waals surface area contributed by atoms with E-state index in [2.05, 4.69) is 10.3 Å². The van der Waals surface area contributed by atoms with E-state index in [4.69, 9.17) is 5.11 Å². The second kappa shape index (κ2) is 7.47. The minimum Gasteiger partial charge on any atom is -0.494 e. The number of hydrogen-bond donors (Lipinski definition) is 4. The molecule has 1 heterocycles. The monoisotopic (exact) mass is 296 g/mol. The molecule has 1 amide bonds. The van der Waals surface area contributed by atoms with E-state index in [9.17, 15) is 19.5 Å². The molecule has 7 heteroatoms. The molecule has 0 aliphatic carbocycles. The molecular formula is C14H20N2O5. The topological polar surface area (TPSA) is 119 Å². The zero-order valence-electron chi connectivity index (χ0n) is 12.0. The van der Waals surface area contributed by atoms with E-state index in [-0.39, 0.29) is 24.4 Å². The maximum Gasteiger partial charge on any atom is 0.303 e. The van der Waals surface area contributed by atoms with Crippen LogP contribution in [0.1, 0.15) is 37.0 Å². The number of pyridine rings is 1. The van der Waals surface area contributed by atoms with Gasteiger partial charge >= 0.3 is 5.97 Å². The van der Waals surface area contributed by atoms with Crippen LogP contribution in [0.2, 0.25) is 0 Å². The molecule has 21 heavy (non-hydrogen) atoms. The van der Waals surface area contributed by atoms with Crippen molar-refractivity contribution in [2.24, 2.45) is 11.8 Å². The van der Waals surface area contributed by atoms with Crippen molar-refractivity contribution in [2.45, 2.75) is 26.7 Å². The normalized spacial score (nSPS) is 12.1. The molecule has 7 nitrogen and oxygen atoms in total. The predicted octanol–water partition coefficient (Wildman–Crippen LogP) is 0.947. The Labute approximate surface area is 122 Å². The molecule has 0 spiro atoms. The van der Waals surface area contributed by atoms with Crippen molar-refractivity contribution in [1.82, 2.24) is 10.3 Å². The van der Waals surface area contributed by atoms with Gasteiger partial charge in [-0.1, -0.05) is 13.8 Å². The number of aliphatic carboxylic acids is 1. The summed E-state index contributed by atoms with van der Waals surface area (Å²) in [6.45, 7) is 4.16. The molecule has 0 aromatic carbocycles. The van der Waals surface area contributed by atoms with E-state index in [1.165, 1.54) is 0 Å². The van der Waals surface area contributed by atoms with E-state index in [1.807, 2.05) is 13.8 Å². The maximum atomic E-state index is 11.9. The fraction of sp³-hybridized carbons (Fsp3) is 0.500. The van der Waals surface area contributed by atoms with E-state index < -0.39 is 23.3 Å². The molecule has 4 N–H and O–H groups in total. The number of aromatic nitrogens is 1. The average molecular weight is 296 g/mol. The summed E-state index contributed by atoms with van der Waals surface area (Å²) < 4.78 is 0. The van der Waals surface area contributed by atoms with Crippen molar-refractivity contribution in [3.05, 3.63) is 28.0 Å². The van der Waals surface area contributed by atoms with Gasteiger partial charge in [0.05, 0.1) is 5.56 Å². The summed E-state index contributed by atoms with van der Waals surface area (Å²) in [5, 5.41) is 20.7. The molecule has 0 aliphatic rings. The van der Waals surface area contributed by atoms with Gasteiger partial charge in [-0.2, -0.15) is 0 Å². The third-order valence-electron chi connectivity index (χ3n) is 2.91. The maximum absolute atomic E-state index is 11.9. The minimum absolute atomic E-state index is 0.0287. The number of carboxylic acids is 1. The highest BCUT2D eigenvalue weighted by molar-refractivity contribution is 5.94. The SMILES string of the molecule is CC(C)CC(CNC(=O)c1cc(O)[nH]c(=O)c1)CC(=O)O. The number of carbonyl (C=O) groups excluding carboxylic acids is 1. The first-order valence-corrected chi connectivity index (χ1v) is 6.71. The van der Waals surface area contributed by atoms with E-state index in [0.717, 1.165) is 12.1 Å². The highest BCUT2D eigenvalue weighted by atomic mass is 16.4. The lowest BCUT2D eigenvalue weighted by Crippen LogP contribution is -2.31. The molecular weight excluding hydrogens is 276 g/mol. The van der Waals surface area contributed by atoms with Gasteiger partial charge in [0.2, 0.25) is 0 Å². The highest BCUT2D eigenvalue weighted by Crippen LogP contribution is 2.15. The number of nitrogens with one attached hydrogen (secondary N) is 2. The molecule has 0 saturated heterocycles. The van der Waals surface area contributed by atoms with Crippen LogP contribution in [0.5, 0.6) is 5.88 Å². The van der Waals surface area contributed by atoms with Crippen LogP contribution in [-0.4, -0.2) is 33.6 Å². The van der Waals surface area contributed by atoms with Crippen LogP contribution in [0.25, 0.3) is 0 Å². The smallest absolute Gasteiger partial charge is 0.303 e. The summed E-state index contributed by atoms with van der Waals surface area (Å²) >= 11 is 0. The predicted molar refractivity (Wildman–Crippen MR) is 76.3 cm³/mol. The van der Waals surface area contributed by atoms with Crippen LogP contribution in [0.3, 0.4) is 0 Å². The van der Waals surface area contributed by atoms with E-state index in [0.29, 0.717) is 12.3 Å². The minimum atomic E-state index is -0.913. The molecule has 1 rings (SSSR count). The Hall–Kier alpha value is -2.31. The van der Waals surface area contributed by atoms with Gasteiger partial charge in [0.1, 0.15) is 0 Å². The van der Waals surface area contributed by atoms with Crippen LogP contribution in [0.15, 0.2) is 16.9 Å². The van der Waals surface area contributed by atoms with Crippen molar-refractivity contribution in [3.63, 3.8) is 0 Å². The second-order valence-corrected chi connectivity index (χ2v) is 5.42. The zero-order valence-corrected chi connectivity index (χ0v) is 12.0. The number of hydrogen-bond acceptors (Lipinski definition) is 4. The molecule has 0 radical (unpaired) electrons. The number of carboxylic acid groups (broad SMARTS) is 1. The van der Waals surface area contributed by atoms with E-state index >= 15 is 0 Å². The van der Waals surface area contributed by atoms with Gasteiger partial charge in [-0.05, 0) is 18.3 Å².